The zero-order valence-electron chi connectivity index (χ0n) is 20.6. The quantitative estimate of drug-likeness (QED) is 0.516. The van der Waals surface area contributed by atoms with E-state index in [2.05, 4.69) is 29.4 Å². The lowest BCUT2D eigenvalue weighted by Gasteiger charge is -2.22. The first-order valence-electron chi connectivity index (χ1n) is 11.6. The first-order valence-corrected chi connectivity index (χ1v) is 11.6. The molecule has 2 aromatic heterocycles. The molecule has 8 heteroatoms. The number of hydrogen-bond donors (Lipinski definition) is 1. The number of fused-ring (bicyclic) bond motifs is 3. The second-order valence-electron chi connectivity index (χ2n) is 8.40. The number of nitrogens with zero attached hydrogens (tertiary/aromatic N) is 4. The van der Waals surface area contributed by atoms with Gasteiger partial charge in [-0.15, -0.1) is 0 Å². The van der Waals surface area contributed by atoms with E-state index >= 15 is 0 Å². The Hall–Kier alpha value is -4.07. The normalized spacial score (nSPS) is 14.1. The van der Waals surface area contributed by atoms with Crippen LogP contribution < -0.4 is 15.4 Å². The maximum absolute atomic E-state index is 11.7. The lowest BCUT2D eigenvalue weighted by molar-refractivity contribution is 0.0600. The molecular weight excluding hydrogens is 442 g/mol. The minimum absolute atomic E-state index is 0.359. The average molecular weight is 474 g/mol. The molecule has 8 nitrogen and oxygen atoms in total. The molecule has 0 saturated carbocycles. The third-order valence-corrected chi connectivity index (χ3v) is 6.07. The van der Waals surface area contributed by atoms with Crippen LogP contribution in [0.3, 0.4) is 0 Å². The number of imidazole rings is 1. The van der Waals surface area contributed by atoms with E-state index in [9.17, 15) is 4.79 Å². The molecule has 0 radical (unpaired) electrons. The number of aromatic nitrogens is 3. The maximum Gasteiger partial charge on any atom is 0.337 e. The highest BCUT2D eigenvalue weighted by Crippen LogP contribution is 2.35. The standard InChI is InChI=1S/C27H31N5O3/c1-5-31-17-22(7-6-11-28)32-19(3)15-29-26(32)23-14-20(16-30-25(23)31)10-12-35-24-9-8-21(13-18(24)2)27(33)34-4/h6-9,11,13-16H,5,10,12,17,28H2,1-4H3/b11-6-,22-7+. The highest BCUT2D eigenvalue weighted by molar-refractivity contribution is 5.89. The number of nitrogens with two attached hydrogens (primary N) is 1. The molecule has 0 spiro atoms. The van der Waals surface area contributed by atoms with Crippen molar-refractivity contribution in [2.45, 2.75) is 27.2 Å². The molecular formula is C27H31N5O3. The zero-order valence-corrected chi connectivity index (χ0v) is 20.6. The minimum Gasteiger partial charge on any atom is -0.493 e. The van der Waals surface area contributed by atoms with Gasteiger partial charge in [-0.05, 0) is 74.5 Å². The highest BCUT2D eigenvalue weighted by atomic mass is 16.5. The summed E-state index contributed by atoms with van der Waals surface area (Å²) in [5.74, 6) is 2.17. The number of benzene rings is 1. The monoisotopic (exact) mass is 473 g/mol. The van der Waals surface area contributed by atoms with E-state index in [-0.39, 0.29) is 5.97 Å². The number of likely N-dealkylation sites (N-methyl/N-ethyl adjacent to an activating group) is 1. The average Bonchev–Trinajstić information content (AvgIpc) is 3.19. The van der Waals surface area contributed by atoms with Crippen molar-refractivity contribution in [3.8, 4) is 17.1 Å². The summed E-state index contributed by atoms with van der Waals surface area (Å²) in [6, 6.07) is 7.45. The van der Waals surface area contributed by atoms with Gasteiger partial charge >= 0.3 is 5.97 Å². The number of pyridine rings is 1. The molecule has 3 aromatic rings. The fourth-order valence-corrected chi connectivity index (χ4v) is 4.28. The maximum atomic E-state index is 11.7. The van der Waals surface area contributed by atoms with E-state index in [1.807, 2.05) is 31.5 Å². The van der Waals surface area contributed by atoms with Gasteiger partial charge in [0.15, 0.2) is 0 Å². The van der Waals surface area contributed by atoms with Crippen LogP contribution in [0.15, 0.2) is 55.0 Å². The second kappa shape index (κ2) is 10.5. The van der Waals surface area contributed by atoms with Gasteiger partial charge < -0.3 is 20.1 Å². The lowest BCUT2D eigenvalue weighted by atomic mass is 10.1. The minimum atomic E-state index is -0.359. The Kier molecular flexibility index (Phi) is 7.19. The number of allylic oxidation sites excluding steroid dienone is 2. The van der Waals surface area contributed by atoms with Gasteiger partial charge in [0.2, 0.25) is 0 Å². The van der Waals surface area contributed by atoms with Gasteiger partial charge in [-0.3, -0.25) is 4.57 Å². The summed E-state index contributed by atoms with van der Waals surface area (Å²) in [5.41, 5.74) is 11.2. The Morgan fingerprint density at radius 3 is 2.74 bits per heavy atom. The molecule has 35 heavy (non-hydrogen) atoms. The molecule has 4 rings (SSSR count). The third kappa shape index (κ3) is 4.91. The van der Waals surface area contributed by atoms with E-state index in [1.54, 1.807) is 18.2 Å². The number of methoxy groups -OCH3 is 1. The third-order valence-electron chi connectivity index (χ3n) is 6.07. The van der Waals surface area contributed by atoms with E-state index in [4.69, 9.17) is 25.2 Å². The first kappa shape index (κ1) is 24.1. The van der Waals surface area contributed by atoms with Crippen LogP contribution in [-0.2, 0) is 11.2 Å². The Labute approximate surface area is 205 Å². The van der Waals surface area contributed by atoms with Crippen LogP contribution in [0.1, 0.15) is 34.1 Å². The van der Waals surface area contributed by atoms with Crippen molar-refractivity contribution in [2.75, 3.05) is 31.7 Å². The van der Waals surface area contributed by atoms with Crippen molar-refractivity contribution in [2.24, 2.45) is 5.73 Å². The highest BCUT2D eigenvalue weighted by Gasteiger charge is 2.25. The summed E-state index contributed by atoms with van der Waals surface area (Å²) in [6.45, 7) is 8.09. The van der Waals surface area contributed by atoms with Gasteiger partial charge in [0.25, 0.3) is 0 Å². The molecule has 1 aromatic carbocycles. The molecule has 1 aliphatic rings. The summed E-state index contributed by atoms with van der Waals surface area (Å²) in [5, 5.41) is 0. The van der Waals surface area contributed by atoms with Crippen molar-refractivity contribution < 1.29 is 14.3 Å². The summed E-state index contributed by atoms with van der Waals surface area (Å²) in [4.78, 5) is 23.5. The smallest absolute Gasteiger partial charge is 0.337 e. The van der Waals surface area contributed by atoms with Crippen LogP contribution in [0.5, 0.6) is 5.75 Å². The molecule has 0 amide bonds. The molecule has 2 N–H and O–H groups in total. The summed E-state index contributed by atoms with van der Waals surface area (Å²) >= 11 is 0. The van der Waals surface area contributed by atoms with Gasteiger partial charge in [-0.25, -0.2) is 14.8 Å². The van der Waals surface area contributed by atoms with Crippen molar-refractivity contribution in [1.29, 1.82) is 0 Å². The number of carbonyl (C=O) groups is 1. The Morgan fingerprint density at radius 1 is 1.20 bits per heavy atom. The van der Waals surface area contributed by atoms with Crippen LogP contribution in [0.2, 0.25) is 0 Å². The molecule has 3 heterocycles. The van der Waals surface area contributed by atoms with E-state index in [0.717, 1.165) is 52.0 Å². The predicted octanol–water partition coefficient (Wildman–Crippen LogP) is 4.12. The summed E-state index contributed by atoms with van der Waals surface area (Å²) in [6.07, 6.45) is 9.88. The molecule has 0 fully saturated rings. The molecule has 0 atom stereocenters. The number of anilines is 1. The Morgan fingerprint density at radius 2 is 2.03 bits per heavy atom. The molecule has 0 unspecified atom stereocenters. The van der Waals surface area contributed by atoms with E-state index in [0.29, 0.717) is 25.1 Å². The van der Waals surface area contributed by atoms with Crippen LogP contribution in [-0.4, -0.2) is 47.3 Å². The predicted molar refractivity (Wildman–Crippen MR) is 137 cm³/mol. The molecule has 182 valence electrons. The van der Waals surface area contributed by atoms with Crippen LogP contribution in [0.4, 0.5) is 5.82 Å². The molecule has 0 aliphatic carbocycles. The van der Waals surface area contributed by atoms with Crippen LogP contribution in [0, 0.1) is 13.8 Å². The van der Waals surface area contributed by atoms with Crippen LogP contribution >= 0.6 is 0 Å². The second-order valence-corrected chi connectivity index (χ2v) is 8.40. The first-order chi connectivity index (χ1) is 17.0. The van der Waals surface area contributed by atoms with Gasteiger partial charge in [-0.2, -0.15) is 0 Å². The van der Waals surface area contributed by atoms with Gasteiger partial charge in [-0.1, -0.05) is 0 Å². The van der Waals surface area contributed by atoms with E-state index < -0.39 is 0 Å². The largest absolute Gasteiger partial charge is 0.493 e. The van der Waals surface area contributed by atoms with Crippen molar-refractivity contribution in [1.82, 2.24) is 14.5 Å². The van der Waals surface area contributed by atoms with Crippen molar-refractivity contribution in [3.63, 3.8) is 0 Å². The van der Waals surface area contributed by atoms with E-state index in [1.165, 1.54) is 13.3 Å². The number of ether oxygens (including phenoxy) is 2. The molecule has 1 aliphatic heterocycles. The molecule has 0 bridgehead atoms. The van der Waals surface area contributed by atoms with Crippen molar-refractivity contribution in [3.05, 3.63) is 77.4 Å². The zero-order chi connectivity index (χ0) is 24.9. The number of carbonyl (C=O) groups excluding carboxylic acids is 1. The van der Waals surface area contributed by atoms with Crippen molar-refractivity contribution >= 4 is 17.5 Å². The topological polar surface area (TPSA) is 95.5 Å². The SMILES string of the molecule is CCN1C/C(=C\C=C/N)n2c(C)cnc2-c2cc(CCOc3ccc(C(=O)OC)cc3C)cnc21. The summed E-state index contributed by atoms with van der Waals surface area (Å²) in [7, 11) is 1.37. The van der Waals surface area contributed by atoms with Gasteiger partial charge in [0, 0.05) is 36.8 Å². The number of hydrogen-bond acceptors (Lipinski definition) is 7. The fraction of sp³-hybridized carbons (Fsp3) is 0.296. The van der Waals surface area contributed by atoms with Gasteiger partial charge in [0.05, 0.1) is 31.4 Å². The molecule has 0 saturated heterocycles. The number of esters is 1. The number of aryl methyl sites for hydroxylation is 2. The van der Waals surface area contributed by atoms with Crippen LogP contribution in [0.25, 0.3) is 17.1 Å². The Balaban J connectivity index is 1.58. The van der Waals surface area contributed by atoms with Gasteiger partial charge in [0.1, 0.15) is 17.4 Å². The lowest BCUT2D eigenvalue weighted by Crippen LogP contribution is -2.26. The summed E-state index contributed by atoms with van der Waals surface area (Å²) < 4.78 is 13.0. The number of rotatable bonds is 7. The fourth-order valence-electron chi connectivity index (χ4n) is 4.28. The Bertz CT molecular complexity index is 1290.